The number of piperazine rings is 1. The molecule has 3 N–H and O–H groups in total. The molecule has 0 unspecified atom stereocenters. The van der Waals surface area contributed by atoms with Crippen LogP contribution in [-0.2, 0) is 27.4 Å². The average molecular weight is 614 g/mol. The van der Waals surface area contributed by atoms with E-state index in [2.05, 4.69) is 20.7 Å². The number of Topliss-reactive ketones (excluding diaryl/α,β-unsaturated/α-hetero) is 1. The summed E-state index contributed by atoms with van der Waals surface area (Å²) in [7, 11) is 1.99. The van der Waals surface area contributed by atoms with Gasteiger partial charge in [0.2, 0.25) is 17.7 Å². The molecule has 12 heteroatoms. The molecule has 240 valence electrons. The Morgan fingerprint density at radius 1 is 1.11 bits per heavy atom. The molecule has 2 heterocycles. The molecule has 2 aromatic rings. The van der Waals surface area contributed by atoms with E-state index in [0.717, 1.165) is 45.2 Å². The number of halogens is 1. The molecule has 2 aliphatic rings. The van der Waals surface area contributed by atoms with Crippen molar-refractivity contribution in [3.8, 4) is 0 Å². The van der Waals surface area contributed by atoms with Crippen molar-refractivity contribution in [2.24, 2.45) is 11.8 Å². The van der Waals surface area contributed by atoms with E-state index < -0.39 is 30.3 Å². The number of aliphatic hydroxyl groups is 1. The molecule has 44 heavy (non-hydrogen) atoms. The number of aliphatic hydroxyl groups excluding tert-OH is 1. The summed E-state index contributed by atoms with van der Waals surface area (Å²) in [5, 5.41) is 18.8. The average Bonchev–Trinajstić information content (AvgIpc) is 3.41. The summed E-state index contributed by atoms with van der Waals surface area (Å²) in [6.07, 6.45) is 4.73. The number of anilines is 1. The Morgan fingerprint density at radius 3 is 2.45 bits per heavy atom. The summed E-state index contributed by atoms with van der Waals surface area (Å²) >= 11 is 0. The summed E-state index contributed by atoms with van der Waals surface area (Å²) < 4.78 is 20.5. The minimum Gasteiger partial charge on any atom is -0.390 e. The van der Waals surface area contributed by atoms with Gasteiger partial charge in [0.25, 0.3) is 0 Å². The van der Waals surface area contributed by atoms with Crippen molar-refractivity contribution in [2.45, 2.75) is 77.9 Å². The molecule has 0 spiro atoms. The second-order valence-corrected chi connectivity index (χ2v) is 12.0. The summed E-state index contributed by atoms with van der Waals surface area (Å²) in [6.45, 7) is 5.40. The molecular weight excluding hydrogens is 569 g/mol. The number of carbonyl (C=O) groups is 4. The normalized spacial score (nSPS) is 17.6. The van der Waals surface area contributed by atoms with Crippen molar-refractivity contribution >= 4 is 29.2 Å². The lowest BCUT2D eigenvalue weighted by Crippen LogP contribution is -2.54. The summed E-state index contributed by atoms with van der Waals surface area (Å²) in [5.41, 5.74) is 0.801. The van der Waals surface area contributed by atoms with E-state index in [1.807, 2.05) is 7.05 Å². The fourth-order valence-corrected chi connectivity index (χ4v) is 6.19. The van der Waals surface area contributed by atoms with Gasteiger partial charge in [0.15, 0.2) is 5.78 Å². The molecule has 1 saturated heterocycles. The molecule has 3 amide bonds. The van der Waals surface area contributed by atoms with Gasteiger partial charge in [-0.05, 0) is 50.4 Å². The van der Waals surface area contributed by atoms with Crippen LogP contribution in [0, 0.1) is 24.6 Å². The van der Waals surface area contributed by atoms with Gasteiger partial charge in [0.1, 0.15) is 23.3 Å². The van der Waals surface area contributed by atoms with Crippen LogP contribution in [0.5, 0.6) is 0 Å². The van der Waals surface area contributed by atoms with Gasteiger partial charge in [-0.15, -0.1) is 0 Å². The van der Waals surface area contributed by atoms with Gasteiger partial charge in [-0.2, -0.15) is 0 Å². The molecule has 0 radical (unpaired) electrons. The smallest absolute Gasteiger partial charge is 0.245 e. The van der Waals surface area contributed by atoms with Crippen molar-refractivity contribution in [2.75, 3.05) is 38.5 Å². The number of aryl methyl sites for hydroxylation is 1. The van der Waals surface area contributed by atoms with Crippen LogP contribution in [0.4, 0.5) is 10.1 Å². The lowest BCUT2D eigenvalue weighted by atomic mass is 9.76. The van der Waals surface area contributed by atoms with E-state index in [4.69, 9.17) is 4.52 Å². The van der Waals surface area contributed by atoms with Gasteiger partial charge < -0.3 is 30.1 Å². The maximum atomic E-state index is 15.4. The van der Waals surface area contributed by atoms with Crippen molar-refractivity contribution in [1.29, 1.82) is 0 Å². The fraction of sp³-hybridized carbons (Fsp3) is 0.594. The number of rotatable bonds is 12. The Balaban J connectivity index is 1.48. The van der Waals surface area contributed by atoms with Crippen LogP contribution < -0.4 is 10.6 Å². The van der Waals surface area contributed by atoms with E-state index in [1.54, 1.807) is 24.8 Å². The van der Waals surface area contributed by atoms with E-state index >= 15 is 4.39 Å². The first-order valence-electron chi connectivity index (χ1n) is 15.6. The number of hydrogen-bond donors (Lipinski definition) is 3. The summed E-state index contributed by atoms with van der Waals surface area (Å²) in [6, 6.07) is 3.52. The third-order valence-corrected chi connectivity index (χ3v) is 8.82. The number of benzene rings is 1. The Hall–Kier alpha value is -3.64. The third-order valence-electron chi connectivity index (χ3n) is 8.82. The van der Waals surface area contributed by atoms with Gasteiger partial charge >= 0.3 is 0 Å². The molecular formula is C32H44FN5O6. The van der Waals surface area contributed by atoms with Gasteiger partial charge in [-0.3, -0.25) is 19.2 Å². The third kappa shape index (κ3) is 8.29. The van der Waals surface area contributed by atoms with Crippen molar-refractivity contribution in [3.63, 3.8) is 0 Å². The molecule has 0 bridgehead atoms. The summed E-state index contributed by atoms with van der Waals surface area (Å²) in [4.78, 5) is 56.3. The minimum atomic E-state index is -0.836. The SMILES string of the molecule is CCC(=O)N[C@H](Cc1ccc(NC(=O)[C@@H](CC(=O)c2c(CO)noc2C)C2CCCCC2)c(F)c1)C(=O)N1CCN(C)CC1. The monoisotopic (exact) mass is 613 g/mol. The predicted molar refractivity (Wildman–Crippen MR) is 161 cm³/mol. The molecule has 1 aliphatic carbocycles. The Morgan fingerprint density at radius 2 is 1.82 bits per heavy atom. The topological polar surface area (TPSA) is 145 Å². The Kier molecular flexibility index (Phi) is 11.6. The molecule has 4 rings (SSSR count). The molecule has 1 aromatic carbocycles. The first-order chi connectivity index (χ1) is 21.1. The summed E-state index contributed by atoms with van der Waals surface area (Å²) in [5.74, 6) is -2.40. The molecule has 2 atom stereocenters. The van der Waals surface area contributed by atoms with Crippen molar-refractivity contribution in [3.05, 3.63) is 46.6 Å². The maximum absolute atomic E-state index is 15.4. The molecule has 1 aromatic heterocycles. The zero-order chi connectivity index (χ0) is 31.8. The van der Waals surface area contributed by atoms with Crippen LogP contribution in [0.2, 0.25) is 0 Å². The lowest BCUT2D eigenvalue weighted by molar-refractivity contribution is -0.137. The number of ketones is 1. The second-order valence-electron chi connectivity index (χ2n) is 12.0. The van der Waals surface area contributed by atoms with Crippen LogP contribution in [0.25, 0.3) is 0 Å². The van der Waals surface area contributed by atoms with Gasteiger partial charge in [0, 0.05) is 51.4 Å². The highest BCUT2D eigenvalue weighted by atomic mass is 19.1. The van der Waals surface area contributed by atoms with E-state index in [0.29, 0.717) is 18.7 Å². The Bertz CT molecular complexity index is 1330. The molecule has 2 fully saturated rings. The van der Waals surface area contributed by atoms with Crippen LogP contribution in [0.1, 0.15) is 79.2 Å². The number of amides is 3. The van der Waals surface area contributed by atoms with Crippen LogP contribution in [0.3, 0.4) is 0 Å². The zero-order valence-corrected chi connectivity index (χ0v) is 25.9. The number of carbonyl (C=O) groups excluding carboxylic acids is 4. The fourth-order valence-electron chi connectivity index (χ4n) is 6.19. The van der Waals surface area contributed by atoms with Gasteiger partial charge in [0.05, 0.1) is 17.9 Å². The predicted octanol–water partition coefficient (Wildman–Crippen LogP) is 3.23. The highest BCUT2D eigenvalue weighted by Crippen LogP contribution is 2.34. The molecule has 11 nitrogen and oxygen atoms in total. The zero-order valence-electron chi connectivity index (χ0n) is 25.9. The first-order valence-corrected chi connectivity index (χ1v) is 15.6. The van der Waals surface area contributed by atoms with Gasteiger partial charge in [-0.1, -0.05) is 37.4 Å². The first kappa shape index (κ1) is 33.3. The number of nitrogens with one attached hydrogen (secondary N) is 2. The standard InChI is InChI=1S/C32H44FN5O6/c1-4-29(41)34-26(32(43)38-14-12-37(3)13-15-38)17-21-10-11-25(24(33)16-21)35-31(42)23(22-8-6-5-7-9-22)18-28(40)30-20(2)44-36-27(30)19-39/h10-11,16,22-23,26,39H,4-9,12-15,17-19H2,1-3H3,(H,34,41)(H,35,42)/t23-,26+/m0/s1. The number of nitrogens with zero attached hydrogens (tertiary/aromatic N) is 3. The minimum absolute atomic E-state index is 0.0243. The van der Waals surface area contributed by atoms with E-state index in [9.17, 15) is 24.3 Å². The van der Waals surface area contributed by atoms with Crippen molar-refractivity contribution in [1.82, 2.24) is 20.3 Å². The van der Waals surface area contributed by atoms with E-state index in [-0.39, 0.29) is 65.5 Å². The second kappa shape index (κ2) is 15.4. The molecule has 1 aliphatic heterocycles. The van der Waals surface area contributed by atoms with Gasteiger partial charge in [-0.25, -0.2) is 4.39 Å². The largest absolute Gasteiger partial charge is 0.390 e. The number of likely N-dealkylation sites (N-methyl/N-ethyl adjacent to an activating group) is 1. The highest BCUT2D eigenvalue weighted by molar-refractivity contribution is 6.02. The van der Waals surface area contributed by atoms with Crippen LogP contribution >= 0.6 is 0 Å². The maximum Gasteiger partial charge on any atom is 0.245 e. The van der Waals surface area contributed by atoms with Crippen LogP contribution in [0.15, 0.2) is 22.7 Å². The van der Waals surface area contributed by atoms with E-state index in [1.165, 1.54) is 12.1 Å². The van der Waals surface area contributed by atoms with Crippen molar-refractivity contribution < 1.29 is 33.2 Å². The lowest BCUT2D eigenvalue weighted by Gasteiger charge is -2.34. The number of hydrogen-bond acceptors (Lipinski definition) is 8. The molecule has 1 saturated carbocycles. The highest BCUT2D eigenvalue weighted by Gasteiger charge is 2.34. The quantitative estimate of drug-likeness (QED) is 0.310. The van der Waals surface area contributed by atoms with Crippen LogP contribution in [-0.4, -0.2) is 82.8 Å². The number of aromatic nitrogens is 1. The Labute approximate surface area is 257 Å².